The van der Waals surface area contributed by atoms with Crippen LogP contribution in [0.5, 0.6) is 0 Å². The molecule has 18 heavy (non-hydrogen) atoms. The highest BCUT2D eigenvalue weighted by molar-refractivity contribution is 5.88. The number of anilines is 1. The van der Waals surface area contributed by atoms with Gasteiger partial charge in [0.2, 0.25) is 0 Å². The molecule has 0 unspecified atom stereocenters. The summed E-state index contributed by atoms with van der Waals surface area (Å²) >= 11 is 0. The molecular formula is C13H11N3O2. The number of pyridine rings is 1. The van der Waals surface area contributed by atoms with Crippen LogP contribution in [0.25, 0.3) is 0 Å². The van der Waals surface area contributed by atoms with Crippen LogP contribution in [0.2, 0.25) is 0 Å². The lowest BCUT2D eigenvalue weighted by molar-refractivity contribution is 0.0697. The topological polar surface area (TPSA) is 74.6 Å². The molecule has 1 aromatic carbocycles. The quantitative estimate of drug-likeness (QED) is 0.635. The van der Waals surface area contributed by atoms with Crippen molar-refractivity contribution in [3.63, 3.8) is 0 Å². The highest BCUT2D eigenvalue weighted by Gasteiger charge is 2.01. The third-order valence-corrected chi connectivity index (χ3v) is 2.19. The number of carboxylic acid groups (broad SMARTS) is 1. The first-order valence-corrected chi connectivity index (χ1v) is 5.29. The summed E-state index contributed by atoms with van der Waals surface area (Å²) in [6, 6.07) is 11.9. The minimum atomic E-state index is -0.965. The first kappa shape index (κ1) is 11.8. The molecule has 0 bridgehead atoms. The fourth-order valence-electron chi connectivity index (χ4n) is 1.35. The molecule has 2 aromatic rings. The van der Waals surface area contributed by atoms with E-state index >= 15 is 0 Å². The maximum absolute atomic E-state index is 10.8. The molecule has 0 aliphatic rings. The molecule has 0 saturated carbocycles. The van der Waals surface area contributed by atoms with Crippen molar-refractivity contribution in [2.24, 2.45) is 5.10 Å². The minimum Gasteiger partial charge on any atom is -0.478 e. The Hall–Kier alpha value is -2.69. The number of rotatable bonds is 4. The van der Waals surface area contributed by atoms with E-state index in [1.807, 2.05) is 18.2 Å². The standard InChI is InChI=1S/C13H11N3O2/c17-13(18)10-4-3-6-11(8-10)16-15-9-12-5-1-2-7-14-12/h1-9,16H,(H,17,18)/b15-9-. The Labute approximate surface area is 104 Å². The number of hydrogen-bond donors (Lipinski definition) is 2. The Morgan fingerprint density at radius 3 is 2.89 bits per heavy atom. The molecule has 0 radical (unpaired) electrons. The number of nitrogens with one attached hydrogen (secondary N) is 1. The van der Waals surface area contributed by atoms with Gasteiger partial charge in [-0.15, -0.1) is 0 Å². The van der Waals surface area contributed by atoms with Crippen LogP contribution in [0.4, 0.5) is 5.69 Å². The second kappa shape index (κ2) is 5.58. The van der Waals surface area contributed by atoms with Crippen LogP contribution in [0.3, 0.4) is 0 Å². The number of aromatic carboxylic acids is 1. The zero-order chi connectivity index (χ0) is 12.8. The Bertz CT molecular complexity index is 567. The van der Waals surface area contributed by atoms with Gasteiger partial charge in [0.05, 0.1) is 23.2 Å². The van der Waals surface area contributed by atoms with Gasteiger partial charge in [-0.2, -0.15) is 5.10 Å². The number of benzene rings is 1. The van der Waals surface area contributed by atoms with Crippen molar-refractivity contribution in [1.29, 1.82) is 0 Å². The number of carboxylic acids is 1. The molecule has 2 N–H and O–H groups in total. The number of carbonyl (C=O) groups is 1. The predicted molar refractivity (Wildman–Crippen MR) is 68.9 cm³/mol. The van der Waals surface area contributed by atoms with Gasteiger partial charge in [0.25, 0.3) is 0 Å². The highest BCUT2D eigenvalue weighted by atomic mass is 16.4. The van der Waals surface area contributed by atoms with Crippen molar-refractivity contribution in [1.82, 2.24) is 4.98 Å². The van der Waals surface area contributed by atoms with Crippen LogP contribution in [-0.2, 0) is 0 Å². The van der Waals surface area contributed by atoms with E-state index in [1.54, 1.807) is 24.5 Å². The van der Waals surface area contributed by atoms with Crippen molar-refractivity contribution >= 4 is 17.9 Å². The maximum atomic E-state index is 10.8. The second-order valence-corrected chi connectivity index (χ2v) is 3.51. The summed E-state index contributed by atoms with van der Waals surface area (Å²) in [5.41, 5.74) is 4.30. The van der Waals surface area contributed by atoms with Crippen LogP contribution in [0.1, 0.15) is 16.1 Å². The second-order valence-electron chi connectivity index (χ2n) is 3.51. The van der Waals surface area contributed by atoms with Gasteiger partial charge >= 0.3 is 5.97 Å². The summed E-state index contributed by atoms with van der Waals surface area (Å²) in [7, 11) is 0. The van der Waals surface area contributed by atoms with Crippen LogP contribution >= 0.6 is 0 Å². The summed E-state index contributed by atoms with van der Waals surface area (Å²) < 4.78 is 0. The summed E-state index contributed by atoms with van der Waals surface area (Å²) in [6.45, 7) is 0. The molecule has 0 spiro atoms. The first-order valence-electron chi connectivity index (χ1n) is 5.29. The molecule has 0 fully saturated rings. The largest absolute Gasteiger partial charge is 0.478 e. The highest BCUT2D eigenvalue weighted by Crippen LogP contribution is 2.10. The molecule has 0 aliphatic carbocycles. The van der Waals surface area contributed by atoms with E-state index in [1.165, 1.54) is 12.1 Å². The Morgan fingerprint density at radius 1 is 1.28 bits per heavy atom. The lowest BCUT2D eigenvalue weighted by Crippen LogP contribution is -1.98. The number of nitrogens with zero attached hydrogens (tertiary/aromatic N) is 2. The SMILES string of the molecule is O=C(O)c1cccc(N/N=C\c2ccccn2)c1. The van der Waals surface area contributed by atoms with Gasteiger partial charge in [0.1, 0.15) is 0 Å². The minimum absolute atomic E-state index is 0.216. The van der Waals surface area contributed by atoms with Crippen molar-refractivity contribution in [2.45, 2.75) is 0 Å². The molecule has 1 heterocycles. The summed E-state index contributed by atoms with van der Waals surface area (Å²) in [4.78, 5) is 14.8. The fraction of sp³-hybridized carbons (Fsp3) is 0. The zero-order valence-corrected chi connectivity index (χ0v) is 9.45. The van der Waals surface area contributed by atoms with Gasteiger partial charge < -0.3 is 5.11 Å². The fourth-order valence-corrected chi connectivity index (χ4v) is 1.35. The molecular weight excluding hydrogens is 230 g/mol. The summed E-state index contributed by atoms with van der Waals surface area (Å²) in [6.07, 6.45) is 3.24. The summed E-state index contributed by atoms with van der Waals surface area (Å²) in [5.74, 6) is -0.965. The van der Waals surface area contributed by atoms with Crippen LogP contribution in [0.15, 0.2) is 53.8 Å². The van der Waals surface area contributed by atoms with Crippen molar-refractivity contribution in [3.05, 3.63) is 59.9 Å². The number of aromatic nitrogens is 1. The van der Waals surface area contributed by atoms with Crippen LogP contribution in [0, 0.1) is 0 Å². The molecule has 5 nitrogen and oxygen atoms in total. The molecule has 0 atom stereocenters. The normalized spacial score (nSPS) is 10.4. The van der Waals surface area contributed by atoms with Gasteiger partial charge in [0, 0.05) is 6.20 Å². The van der Waals surface area contributed by atoms with E-state index in [4.69, 9.17) is 5.11 Å². The average molecular weight is 241 g/mol. The van der Waals surface area contributed by atoms with E-state index in [0.29, 0.717) is 5.69 Å². The monoisotopic (exact) mass is 241 g/mol. The number of hydrogen-bond acceptors (Lipinski definition) is 4. The van der Waals surface area contributed by atoms with E-state index in [0.717, 1.165) is 5.69 Å². The van der Waals surface area contributed by atoms with Crippen molar-refractivity contribution in [2.75, 3.05) is 5.43 Å². The van der Waals surface area contributed by atoms with Crippen LogP contribution < -0.4 is 5.43 Å². The van der Waals surface area contributed by atoms with E-state index in [9.17, 15) is 4.79 Å². The molecule has 5 heteroatoms. The lowest BCUT2D eigenvalue weighted by atomic mass is 10.2. The Balaban J connectivity index is 2.04. The van der Waals surface area contributed by atoms with Crippen LogP contribution in [-0.4, -0.2) is 22.3 Å². The van der Waals surface area contributed by atoms with Gasteiger partial charge in [0.15, 0.2) is 0 Å². The molecule has 0 amide bonds. The summed E-state index contributed by atoms with van der Waals surface area (Å²) in [5, 5.41) is 12.8. The van der Waals surface area contributed by atoms with E-state index in [-0.39, 0.29) is 5.56 Å². The van der Waals surface area contributed by atoms with Crippen molar-refractivity contribution < 1.29 is 9.90 Å². The molecule has 0 saturated heterocycles. The van der Waals surface area contributed by atoms with Gasteiger partial charge in [-0.3, -0.25) is 10.4 Å². The predicted octanol–water partition coefficient (Wildman–Crippen LogP) is 2.23. The van der Waals surface area contributed by atoms with E-state index in [2.05, 4.69) is 15.5 Å². The molecule has 1 aromatic heterocycles. The Kier molecular flexibility index (Phi) is 3.66. The van der Waals surface area contributed by atoms with Gasteiger partial charge in [-0.25, -0.2) is 4.79 Å². The number of hydrazone groups is 1. The third-order valence-electron chi connectivity index (χ3n) is 2.19. The smallest absolute Gasteiger partial charge is 0.335 e. The average Bonchev–Trinajstić information content (AvgIpc) is 2.40. The maximum Gasteiger partial charge on any atom is 0.335 e. The molecule has 0 aliphatic heterocycles. The van der Waals surface area contributed by atoms with E-state index < -0.39 is 5.97 Å². The lowest BCUT2D eigenvalue weighted by Gasteiger charge is -2.01. The van der Waals surface area contributed by atoms with Crippen molar-refractivity contribution in [3.8, 4) is 0 Å². The third kappa shape index (κ3) is 3.15. The molecule has 2 rings (SSSR count). The van der Waals surface area contributed by atoms with Gasteiger partial charge in [-0.05, 0) is 30.3 Å². The Morgan fingerprint density at radius 2 is 2.17 bits per heavy atom. The first-order chi connectivity index (χ1) is 8.75. The van der Waals surface area contributed by atoms with Gasteiger partial charge in [-0.1, -0.05) is 12.1 Å². The molecule has 90 valence electrons. The zero-order valence-electron chi connectivity index (χ0n) is 9.45.